The third-order valence-electron chi connectivity index (χ3n) is 7.00. The van der Waals surface area contributed by atoms with Crippen molar-refractivity contribution in [1.82, 2.24) is 20.4 Å². The molecule has 2 aliphatic rings. The van der Waals surface area contributed by atoms with Gasteiger partial charge in [0.2, 0.25) is 11.8 Å². The second-order valence-corrected chi connectivity index (χ2v) is 9.09. The molecule has 3 rings (SSSR count). The molecule has 7 nitrogen and oxygen atoms in total. The number of hydrogen-bond acceptors (Lipinski definition) is 5. The van der Waals surface area contributed by atoms with E-state index in [2.05, 4.69) is 39.5 Å². The summed E-state index contributed by atoms with van der Waals surface area (Å²) in [5.41, 5.74) is 0.939. The second kappa shape index (κ2) is 11.1. The average Bonchev–Trinajstić information content (AvgIpc) is 2.93. The van der Waals surface area contributed by atoms with Crippen molar-refractivity contribution in [2.75, 3.05) is 45.8 Å². The van der Waals surface area contributed by atoms with Crippen molar-refractivity contribution in [3.8, 4) is 0 Å². The molecule has 2 fully saturated rings. The number of aliphatic hydroxyl groups excluding tert-OH is 1. The smallest absolute Gasteiger partial charge is 0.234 e. The van der Waals surface area contributed by atoms with Gasteiger partial charge in [-0.15, -0.1) is 0 Å². The Labute approximate surface area is 186 Å². The van der Waals surface area contributed by atoms with Gasteiger partial charge in [-0.05, 0) is 37.8 Å². The zero-order valence-electron chi connectivity index (χ0n) is 19.0. The molecule has 1 aliphatic carbocycles. The summed E-state index contributed by atoms with van der Waals surface area (Å²) in [6.45, 7) is 9.58. The monoisotopic (exact) mass is 430 g/mol. The Morgan fingerprint density at radius 3 is 2.35 bits per heavy atom. The highest BCUT2D eigenvalue weighted by atomic mass is 16.3. The van der Waals surface area contributed by atoms with Gasteiger partial charge >= 0.3 is 0 Å². The van der Waals surface area contributed by atoms with E-state index in [9.17, 15) is 14.7 Å². The standard InChI is InChI=1S/C24H38N4O3/c1-3-27-13-15-28(16-14-27)17-23(31)25-18-24(20-7-5-4-6-8-20)11-9-21(26-19(2)29)22(30)10-12-24/h4-8,21-22,30H,3,9-18H2,1-2H3,(H,25,31)(H,26,29)/t21-,22-,24-/m0/s1. The van der Waals surface area contributed by atoms with E-state index in [-0.39, 0.29) is 23.3 Å². The van der Waals surface area contributed by atoms with Gasteiger partial charge in [0, 0.05) is 45.1 Å². The van der Waals surface area contributed by atoms with Gasteiger partial charge in [-0.25, -0.2) is 0 Å². The van der Waals surface area contributed by atoms with Crippen LogP contribution in [-0.2, 0) is 15.0 Å². The van der Waals surface area contributed by atoms with E-state index in [4.69, 9.17) is 0 Å². The number of likely N-dealkylation sites (N-methyl/N-ethyl adjacent to an activating group) is 1. The summed E-state index contributed by atoms with van der Waals surface area (Å²) in [5, 5.41) is 16.7. The van der Waals surface area contributed by atoms with Crippen LogP contribution in [-0.4, -0.2) is 84.7 Å². The van der Waals surface area contributed by atoms with E-state index in [1.165, 1.54) is 12.5 Å². The number of aliphatic hydroxyl groups is 1. The third kappa shape index (κ3) is 6.51. The summed E-state index contributed by atoms with van der Waals surface area (Å²) in [4.78, 5) is 29.0. The first-order valence-corrected chi connectivity index (χ1v) is 11.6. The minimum Gasteiger partial charge on any atom is -0.391 e. The number of nitrogens with one attached hydrogen (secondary N) is 2. The van der Waals surface area contributed by atoms with Crippen molar-refractivity contribution < 1.29 is 14.7 Å². The average molecular weight is 431 g/mol. The first kappa shape index (κ1) is 23.7. The molecule has 3 N–H and O–H groups in total. The van der Waals surface area contributed by atoms with E-state index in [0.29, 0.717) is 25.9 Å². The topological polar surface area (TPSA) is 84.9 Å². The molecule has 0 spiro atoms. The molecule has 0 unspecified atom stereocenters. The van der Waals surface area contributed by atoms with Crippen LogP contribution < -0.4 is 10.6 Å². The lowest BCUT2D eigenvalue weighted by molar-refractivity contribution is -0.123. The Hall–Kier alpha value is -1.96. The second-order valence-electron chi connectivity index (χ2n) is 9.09. The summed E-state index contributed by atoms with van der Waals surface area (Å²) in [6.07, 6.45) is 2.28. The number of piperazine rings is 1. The Morgan fingerprint density at radius 2 is 1.71 bits per heavy atom. The van der Waals surface area contributed by atoms with Gasteiger partial charge in [0.05, 0.1) is 18.7 Å². The molecule has 0 radical (unpaired) electrons. The minimum atomic E-state index is -0.569. The molecule has 2 amide bonds. The van der Waals surface area contributed by atoms with Gasteiger partial charge in [-0.2, -0.15) is 0 Å². The van der Waals surface area contributed by atoms with Crippen LogP contribution in [0.2, 0.25) is 0 Å². The number of amides is 2. The molecular weight excluding hydrogens is 392 g/mol. The lowest BCUT2D eigenvalue weighted by atomic mass is 9.74. The highest BCUT2D eigenvalue weighted by molar-refractivity contribution is 5.78. The molecule has 1 heterocycles. The zero-order valence-corrected chi connectivity index (χ0v) is 19.0. The minimum absolute atomic E-state index is 0.0588. The van der Waals surface area contributed by atoms with Gasteiger partial charge < -0.3 is 20.6 Å². The first-order chi connectivity index (χ1) is 14.9. The summed E-state index contributed by atoms with van der Waals surface area (Å²) in [7, 11) is 0. The van der Waals surface area contributed by atoms with E-state index >= 15 is 0 Å². The van der Waals surface area contributed by atoms with Crippen molar-refractivity contribution in [2.24, 2.45) is 0 Å². The highest BCUT2D eigenvalue weighted by Crippen LogP contribution is 2.38. The number of hydrogen-bond donors (Lipinski definition) is 3. The van der Waals surface area contributed by atoms with Gasteiger partial charge in [0.1, 0.15) is 0 Å². The molecule has 1 aromatic carbocycles. The molecule has 0 bridgehead atoms. The Bertz CT molecular complexity index is 721. The number of benzene rings is 1. The number of rotatable bonds is 7. The van der Waals surface area contributed by atoms with Crippen LogP contribution in [0.3, 0.4) is 0 Å². The zero-order chi connectivity index (χ0) is 22.3. The van der Waals surface area contributed by atoms with Crippen molar-refractivity contribution in [1.29, 1.82) is 0 Å². The van der Waals surface area contributed by atoms with E-state index in [0.717, 1.165) is 45.6 Å². The van der Waals surface area contributed by atoms with E-state index in [1.54, 1.807) is 0 Å². The van der Waals surface area contributed by atoms with Crippen molar-refractivity contribution >= 4 is 11.8 Å². The summed E-state index contributed by atoms with van der Waals surface area (Å²) < 4.78 is 0. The molecule has 1 saturated carbocycles. The van der Waals surface area contributed by atoms with Gasteiger partial charge in [-0.3, -0.25) is 14.5 Å². The molecule has 7 heteroatoms. The maximum absolute atomic E-state index is 12.8. The van der Waals surface area contributed by atoms with Gasteiger partial charge in [-0.1, -0.05) is 37.3 Å². The Kier molecular flexibility index (Phi) is 8.46. The summed E-state index contributed by atoms with van der Waals surface area (Å²) in [5.74, 6) is -0.0591. The molecule has 3 atom stereocenters. The molecular formula is C24H38N4O3. The fourth-order valence-electron chi connectivity index (χ4n) is 4.95. The molecule has 172 valence electrons. The van der Waals surface area contributed by atoms with E-state index in [1.807, 2.05) is 18.2 Å². The lowest BCUT2D eigenvalue weighted by Gasteiger charge is -2.35. The van der Waals surface area contributed by atoms with Crippen LogP contribution in [0.1, 0.15) is 45.1 Å². The molecule has 0 aromatic heterocycles. The molecule has 1 aliphatic heterocycles. The predicted octanol–water partition coefficient (Wildman–Crippen LogP) is 1.12. The highest BCUT2D eigenvalue weighted by Gasteiger charge is 2.38. The van der Waals surface area contributed by atoms with Crippen LogP contribution >= 0.6 is 0 Å². The molecule has 31 heavy (non-hydrogen) atoms. The van der Waals surface area contributed by atoms with Crippen LogP contribution in [0.4, 0.5) is 0 Å². The molecule has 1 saturated heterocycles. The normalized spacial score (nSPS) is 28.0. The fourth-order valence-corrected chi connectivity index (χ4v) is 4.95. The Morgan fingerprint density at radius 1 is 1.06 bits per heavy atom. The number of carbonyl (C=O) groups is 2. The van der Waals surface area contributed by atoms with Gasteiger partial charge in [0.15, 0.2) is 0 Å². The van der Waals surface area contributed by atoms with E-state index < -0.39 is 6.10 Å². The molecule has 1 aromatic rings. The fraction of sp³-hybridized carbons (Fsp3) is 0.667. The maximum Gasteiger partial charge on any atom is 0.234 e. The van der Waals surface area contributed by atoms with Crippen LogP contribution in [0.15, 0.2) is 30.3 Å². The van der Waals surface area contributed by atoms with Crippen LogP contribution in [0.5, 0.6) is 0 Å². The quantitative estimate of drug-likeness (QED) is 0.565. The van der Waals surface area contributed by atoms with Crippen molar-refractivity contribution in [3.63, 3.8) is 0 Å². The first-order valence-electron chi connectivity index (χ1n) is 11.6. The lowest BCUT2D eigenvalue weighted by Crippen LogP contribution is -2.50. The van der Waals surface area contributed by atoms with Crippen molar-refractivity contribution in [2.45, 2.75) is 57.1 Å². The summed E-state index contributed by atoms with van der Waals surface area (Å²) in [6, 6.07) is 10.0. The van der Waals surface area contributed by atoms with Crippen LogP contribution in [0, 0.1) is 0 Å². The largest absolute Gasteiger partial charge is 0.391 e. The SMILES string of the molecule is CCN1CCN(CC(=O)NC[C@]2(c3ccccc3)CC[C@H](NC(C)=O)[C@@H](O)CC2)CC1. The third-order valence-corrected chi connectivity index (χ3v) is 7.00. The predicted molar refractivity (Wildman–Crippen MR) is 122 cm³/mol. The summed E-state index contributed by atoms with van der Waals surface area (Å²) >= 11 is 0. The maximum atomic E-state index is 12.8. The number of nitrogens with zero attached hydrogens (tertiary/aromatic N) is 2. The van der Waals surface area contributed by atoms with Crippen molar-refractivity contribution in [3.05, 3.63) is 35.9 Å². The number of carbonyl (C=O) groups excluding carboxylic acids is 2. The van der Waals surface area contributed by atoms with Crippen LogP contribution in [0.25, 0.3) is 0 Å². The Balaban J connectivity index is 1.64. The van der Waals surface area contributed by atoms with Gasteiger partial charge in [0.25, 0.3) is 0 Å².